The van der Waals surface area contributed by atoms with Gasteiger partial charge in [-0.25, -0.2) is 13.2 Å². The van der Waals surface area contributed by atoms with Crippen LogP contribution in [0.25, 0.3) is 0 Å². The lowest BCUT2D eigenvalue weighted by Gasteiger charge is -2.20. The van der Waals surface area contributed by atoms with Gasteiger partial charge >= 0.3 is 5.97 Å². The molecule has 0 saturated carbocycles. The Morgan fingerprint density at radius 3 is 2.61 bits per heavy atom. The number of benzene rings is 2. The van der Waals surface area contributed by atoms with Gasteiger partial charge in [0, 0.05) is 12.7 Å². The normalized spacial score (nSPS) is 14.9. The van der Waals surface area contributed by atoms with Crippen LogP contribution in [0.2, 0.25) is 0 Å². The van der Waals surface area contributed by atoms with Gasteiger partial charge in [0.15, 0.2) is 0 Å². The van der Waals surface area contributed by atoms with Crippen LogP contribution in [-0.2, 0) is 29.1 Å². The minimum atomic E-state index is -3.86. The van der Waals surface area contributed by atoms with Crippen molar-refractivity contribution in [3.05, 3.63) is 65.7 Å². The second-order valence-electron chi connectivity index (χ2n) is 6.89. The van der Waals surface area contributed by atoms with Crippen molar-refractivity contribution < 1.29 is 27.5 Å². The molecule has 9 nitrogen and oxygen atoms in total. The molecule has 1 fully saturated rings. The summed E-state index contributed by atoms with van der Waals surface area (Å²) in [6.07, 6.45) is 1.18. The first-order valence-corrected chi connectivity index (χ1v) is 12.4. The Kier molecular flexibility index (Phi) is 7.77. The molecule has 0 bridgehead atoms. The highest BCUT2D eigenvalue weighted by molar-refractivity contribution is 8.04. The summed E-state index contributed by atoms with van der Waals surface area (Å²) in [5, 5.41) is 2.94. The van der Waals surface area contributed by atoms with Crippen LogP contribution in [0.4, 0.5) is 11.4 Å². The Bertz CT molecular complexity index is 1180. The third kappa shape index (κ3) is 5.93. The van der Waals surface area contributed by atoms with E-state index >= 15 is 0 Å². The van der Waals surface area contributed by atoms with Crippen LogP contribution in [0.5, 0.6) is 0 Å². The van der Waals surface area contributed by atoms with E-state index in [-0.39, 0.29) is 35.4 Å². The summed E-state index contributed by atoms with van der Waals surface area (Å²) in [5.74, 6) is -1.34. The van der Waals surface area contributed by atoms with E-state index in [1.165, 1.54) is 36.2 Å². The third-order valence-corrected chi connectivity index (χ3v) is 7.44. The van der Waals surface area contributed by atoms with Crippen LogP contribution in [0.15, 0.2) is 70.6 Å². The molecule has 2 amide bonds. The van der Waals surface area contributed by atoms with Crippen molar-refractivity contribution in [1.29, 1.82) is 0 Å². The van der Waals surface area contributed by atoms with Gasteiger partial charge in [0.2, 0.25) is 11.8 Å². The molecule has 1 N–H and O–H groups in total. The van der Waals surface area contributed by atoms with E-state index in [1.807, 2.05) is 0 Å². The number of anilines is 2. The second kappa shape index (κ2) is 10.5. The molecule has 0 radical (unpaired) electrons. The van der Waals surface area contributed by atoms with Crippen molar-refractivity contribution in [2.24, 2.45) is 0 Å². The molecule has 2 aromatic carbocycles. The minimum Gasteiger partial charge on any atom is -0.463 e. The molecule has 1 aliphatic heterocycles. The maximum absolute atomic E-state index is 13.0. The summed E-state index contributed by atoms with van der Waals surface area (Å²) in [4.78, 5) is 37.6. The summed E-state index contributed by atoms with van der Waals surface area (Å²) < 4.78 is 32.0. The maximum Gasteiger partial charge on any atom is 0.333 e. The topological polar surface area (TPSA) is 113 Å². The molecular formula is C22H23N3O6S2. The molecule has 33 heavy (non-hydrogen) atoms. The highest BCUT2D eigenvalue weighted by Crippen LogP contribution is 2.29. The molecule has 0 spiro atoms. The molecular weight excluding hydrogens is 466 g/mol. The van der Waals surface area contributed by atoms with Crippen molar-refractivity contribution in [2.45, 2.75) is 11.8 Å². The fourth-order valence-electron chi connectivity index (χ4n) is 3.00. The Morgan fingerprint density at radius 1 is 1.18 bits per heavy atom. The fourth-order valence-corrected chi connectivity index (χ4v) is 5.17. The molecule has 1 heterocycles. The Morgan fingerprint density at radius 2 is 1.91 bits per heavy atom. The minimum absolute atomic E-state index is 0.00218. The zero-order valence-corrected chi connectivity index (χ0v) is 19.7. The summed E-state index contributed by atoms with van der Waals surface area (Å²) in [6, 6.07) is 14.5. The number of thioether (sulfide) groups is 1. The molecule has 3 rings (SSSR count). The number of carbonyl (C=O) groups excluding carboxylic acids is 3. The fraction of sp³-hybridized carbons (Fsp3) is 0.227. The van der Waals surface area contributed by atoms with Gasteiger partial charge in [-0.1, -0.05) is 36.0 Å². The molecule has 0 aromatic heterocycles. The number of nitrogens with zero attached hydrogens (tertiary/aromatic N) is 2. The van der Waals surface area contributed by atoms with Gasteiger partial charge in [-0.3, -0.25) is 18.8 Å². The van der Waals surface area contributed by atoms with Crippen LogP contribution in [-0.4, -0.2) is 57.1 Å². The van der Waals surface area contributed by atoms with Gasteiger partial charge in [-0.05, 0) is 37.3 Å². The highest BCUT2D eigenvalue weighted by Gasteiger charge is 2.29. The molecule has 0 aliphatic carbocycles. The van der Waals surface area contributed by atoms with E-state index in [0.29, 0.717) is 10.7 Å². The van der Waals surface area contributed by atoms with Gasteiger partial charge in [0.25, 0.3) is 10.0 Å². The summed E-state index contributed by atoms with van der Waals surface area (Å²) in [5.41, 5.74) is 0.760. The SMILES string of the molecule is CCOC(=O)/C=C1\SCC(=O)N1CC(=O)Nc1cccc(S(=O)(=O)N(C)c2ccccc2)c1. The zero-order valence-electron chi connectivity index (χ0n) is 18.1. The van der Waals surface area contributed by atoms with E-state index in [9.17, 15) is 22.8 Å². The predicted molar refractivity (Wildman–Crippen MR) is 126 cm³/mol. The van der Waals surface area contributed by atoms with Gasteiger partial charge in [-0.15, -0.1) is 0 Å². The molecule has 0 unspecified atom stereocenters. The van der Waals surface area contributed by atoms with Crippen molar-refractivity contribution in [3.8, 4) is 0 Å². The average Bonchev–Trinajstić information content (AvgIpc) is 3.13. The highest BCUT2D eigenvalue weighted by atomic mass is 32.2. The number of ether oxygens (including phenoxy) is 1. The Balaban J connectivity index is 1.73. The smallest absolute Gasteiger partial charge is 0.333 e. The number of hydrogen-bond acceptors (Lipinski definition) is 7. The van der Waals surface area contributed by atoms with E-state index < -0.39 is 21.9 Å². The quantitative estimate of drug-likeness (QED) is 0.448. The number of carbonyl (C=O) groups is 3. The lowest BCUT2D eigenvalue weighted by Crippen LogP contribution is -2.34. The first-order chi connectivity index (χ1) is 15.7. The first kappa shape index (κ1) is 24.3. The Labute approximate surface area is 196 Å². The third-order valence-electron chi connectivity index (χ3n) is 4.64. The summed E-state index contributed by atoms with van der Waals surface area (Å²) in [6.45, 7) is 1.54. The number of amides is 2. The van der Waals surface area contributed by atoms with Crippen LogP contribution in [0, 0.1) is 0 Å². The Hall–Kier alpha value is -3.31. The average molecular weight is 490 g/mol. The van der Waals surface area contributed by atoms with E-state index in [1.54, 1.807) is 43.3 Å². The van der Waals surface area contributed by atoms with Gasteiger partial charge in [-0.2, -0.15) is 0 Å². The molecule has 1 aliphatic rings. The molecule has 2 aromatic rings. The molecule has 1 saturated heterocycles. The zero-order chi connectivity index (χ0) is 24.0. The monoisotopic (exact) mass is 489 g/mol. The number of rotatable bonds is 8. The molecule has 0 atom stereocenters. The largest absolute Gasteiger partial charge is 0.463 e. The number of esters is 1. The van der Waals surface area contributed by atoms with E-state index in [0.717, 1.165) is 16.1 Å². The lowest BCUT2D eigenvalue weighted by atomic mass is 10.3. The van der Waals surface area contributed by atoms with E-state index in [2.05, 4.69) is 5.32 Å². The van der Waals surface area contributed by atoms with Crippen LogP contribution >= 0.6 is 11.8 Å². The molecule has 174 valence electrons. The molecule has 11 heteroatoms. The summed E-state index contributed by atoms with van der Waals surface area (Å²) >= 11 is 1.14. The summed E-state index contributed by atoms with van der Waals surface area (Å²) in [7, 11) is -2.41. The second-order valence-corrected chi connectivity index (χ2v) is 9.85. The van der Waals surface area contributed by atoms with E-state index in [4.69, 9.17) is 4.74 Å². The predicted octanol–water partition coefficient (Wildman–Crippen LogP) is 2.43. The van der Waals surface area contributed by atoms with Gasteiger partial charge in [0.1, 0.15) is 6.54 Å². The first-order valence-electron chi connectivity index (χ1n) is 9.98. The van der Waals surface area contributed by atoms with Gasteiger partial charge < -0.3 is 10.1 Å². The van der Waals surface area contributed by atoms with Crippen LogP contribution < -0.4 is 9.62 Å². The standard InChI is InChI=1S/C22H23N3O6S2/c1-3-31-22(28)13-21-25(20(27)15-32-21)14-19(26)23-16-8-7-11-18(12-16)33(29,30)24(2)17-9-5-4-6-10-17/h4-13H,3,14-15H2,1-2H3,(H,23,26)/b21-13-. The number of hydrogen-bond donors (Lipinski definition) is 1. The number of nitrogens with one attached hydrogen (secondary N) is 1. The van der Waals surface area contributed by atoms with Crippen LogP contribution in [0.3, 0.4) is 0 Å². The lowest BCUT2D eigenvalue weighted by molar-refractivity contribution is -0.137. The number of sulfonamides is 1. The number of para-hydroxylation sites is 1. The van der Waals surface area contributed by atoms with Crippen molar-refractivity contribution >= 4 is 50.9 Å². The maximum atomic E-state index is 13.0. The van der Waals surface area contributed by atoms with Gasteiger partial charge in [0.05, 0.1) is 34.0 Å². The van der Waals surface area contributed by atoms with Crippen LogP contribution in [0.1, 0.15) is 6.92 Å². The van der Waals surface area contributed by atoms with Crippen molar-refractivity contribution in [3.63, 3.8) is 0 Å². The van der Waals surface area contributed by atoms with Crippen molar-refractivity contribution in [1.82, 2.24) is 4.90 Å². The van der Waals surface area contributed by atoms with Crippen molar-refractivity contribution in [2.75, 3.05) is 35.6 Å².